The number of halogens is 2. The fourth-order valence-electron chi connectivity index (χ4n) is 1.10. The monoisotopic (exact) mass is 204 g/mol. The molecular formula is C9H10F2OS. The molecule has 0 amide bonds. The van der Waals surface area contributed by atoms with E-state index in [0.29, 0.717) is 11.3 Å². The SMILES string of the molecule is COc1c(F)cc(F)cc1CSC. The molecule has 0 spiro atoms. The van der Waals surface area contributed by atoms with E-state index < -0.39 is 11.6 Å². The summed E-state index contributed by atoms with van der Waals surface area (Å²) in [6, 6.07) is 2.11. The third-order valence-electron chi connectivity index (χ3n) is 1.59. The Morgan fingerprint density at radius 1 is 1.38 bits per heavy atom. The van der Waals surface area contributed by atoms with Crippen molar-refractivity contribution in [2.75, 3.05) is 13.4 Å². The number of hydrogen-bond acceptors (Lipinski definition) is 2. The lowest BCUT2D eigenvalue weighted by Crippen LogP contribution is -1.95. The maximum atomic E-state index is 13.1. The largest absolute Gasteiger partial charge is 0.493 e. The number of ether oxygens (including phenoxy) is 1. The average Bonchev–Trinajstić information content (AvgIpc) is 2.04. The minimum atomic E-state index is -0.647. The first-order valence-corrected chi connectivity index (χ1v) is 5.09. The maximum Gasteiger partial charge on any atom is 0.168 e. The normalized spacial score (nSPS) is 10.2. The van der Waals surface area contributed by atoms with E-state index in [4.69, 9.17) is 4.74 Å². The van der Waals surface area contributed by atoms with Crippen molar-refractivity contribution in [2.24, 2.45) is 0 Å². The highest BCUT2D eigenvalue weighted by Crippen LogP contribution is 2.26. The highest BCUT2D eigenvalue weighted by atomic mass is 32.2. The van der Waals surface area contributed by atoms with Crippen LogP contribution in [0.15, 0.2) is 12.1 Å². The Bertz CT molecular complexity index is 302. The average molecular weight is 204 g/mol. The van der Waals surface area contributed by atoms with Crippen molar-refractivity contribution in [2.45, 2.75) is 5.75 Å². The minimum Gasteiger partial charge on any atom is -0.493 e. The van der Waals surface area contributed by atoms with Crippen LogP contribution >= 0.6 is 11.8 Å². The first-order chi connectivity index (χ1) is 6.19. The standard InChI is InChI=1S/C9H10F2OS/c1-12-9-6(5-13-2)3-7(10)4-8(9)11/h3-4H,5H2,1-2H3. The Labute approximate surface area is 80.1 Å². The van der Waals surface area contributed by atoms with Crippen LogP contribution in [0, 0.1) is 11.6 Å². The van der Waals surface area contributed by atoms with E-state index in [0.717, 1.165) is 6.07 Å². The summed E-state index contributed by atoms with van der Waals surface area (Å²) in [4.78, 5) is 0. The van der Waals surface area contributed by atoms with E-state index in [1.165, 1.54) is 24.9 Å². The van der Waals surface area contributed by atoms with Gasteiger partial charge in [-0.2, -0.15) is 11.8 Å². The molecule has 1 aromatic rings. The molecule has 0 atom stereocenters. The number of benzene rings is 1. The van der Waals surface area contributed by atoms with Crippen molar-refractivity contribution in [1.29, 1.82) is 0 Å². The van der Waals surface area contributed by atoms with Crippen LogP contribution in [0.3, 0.4) is 0 Å². The van der Waals surface area contributed by atoms with Crippen LogP contribution in [-0.4, -0.2) is 13.4 Å². The zero-order valence-corrected chi connectivity index (χ0v) is 8.25. The van der Waals surface area contributed by atoms with Gasteiger partial charge in [0.05, 0.1) is 7.11 Å². The van der Waals surface area contributed by atoms with E-state index in [9.17, 15) is 8.78 Å². The third kappa shape index (κ3) is 2.34. The van der Waals surface area contributed by atoms with Crippen LogP contribution in [0.4, 0.5) is 8.78 Å². The van der Waals surface area contributed by atoms with Crippen molar-refractivity contribution in [3.8, 4) is 5.75 Å². The molecule has 0 aliphatic heterocycles. The van der Waals surface area contributed by atoms with Crippen molar-refractivity contribution in [3.63, 3.8) is 0 Å². The predicted octanol–water partition coefficient (Wildman–Crippen LogP) is 2.84. The number of thioether (sulfide) groups is 1. The number of methoxy groups -OCH3 is 1. The van der Waals surface area contributed by atoms with Gasteiger partial charge in [-0.1, -0.05) is 0 Å². The molecule has 1 aromatic carbocycles. The topological polar surface area (TPSA) is 9.23 Å². The van der Waals surface area contributed by atoms with E-state index in [1.54, 1.807) is 0 Å². The summed E-state index contributed by atoms with van der Waals surface area (Å²) in [7, 11) is 1.38. The molecule has 1 nitrogen and oxygen atoms in total. The summed E-state index contributed by atoms with van der Waals surface area (Å²) in [5.74, 6) is -0.539. The van der Waals surface area contributed by atoms with Gasteiger partial charge >= 0.3 is 0 Å². The zero-order valence-electron chi connectivity index (χ0n) is 7.43. The molecule has 4 heteroatoms. The van der Waals surface area contributed by atoms with E-state index in [-0.39, 0.29) is 5.75 Å². The smallest absolute Gasteiger partial charge is 0.168 e. The molecule has 0 aromatic heterocycles. The molecule has 0 aliphatic carbocycles. The quantitative estimate of drug-likeness (QED) is 0.748. The Morgan fingerprint density at radius 2 is 2.08 bits per heavy atom. The van der Waals surface area contributed by atoms with Gasteiger partial charge in [0.25, 0.3) is 0 Å². The fraction of sp³-hybridized carbons (Fsp3) is 0.333. The maximum absolute atomic E-state index is 13.1. The molecule has 0 heterocycles. The summed E-state index contributed by atoms with van der Waals surface area (Å²) in [6.45, 7) is 0. The predicted molar refractivity (Wildman–Crippen MR) is 50.1 cm³/mol. The molecule has 0 fully saturated rings. The molecule has 0 unspecified atom stereocenters. The summed E-state index contributed by atoms with van der Waals surface area (Å²) >= 11 is 1.49. The van der Waals surface area contributed by atoms with Crippen LogP contribution in [0.5, 0.6) is 5.75 Å². The van der Waals surface area contributed by atoms with Crippen LogP contribution < -0.4 is 4.74 Å². The van der Waals surface area contributed by atoms with Gasteiger partial charge in [0.15, 0.2) is 11.6 Å². The van der Waals surface area contributed by atoms with E-state index >= 15 is 0 Å². The van der Waals surface area contributed by atoms with Crippen molar-refractivity contribution < 1.29 is 13.5 Å². The molecule has 0 aliphatic rings. The first-order valence-electron chi connectivity index (χ1n) is 3.70. The molecule has 0 saturated heterocycles. The Kier molecular flexibility index (Phi) is 3.54. The van der Waals surface area contributed by atoms with Gasteiger partial charge in [0.2, 0.25) is 0 Å². The molecule has 13 heavy (non-hydrogen) atoms. The van der Waals surface area contributed by atoms with Gasteiger partial charge in [-0.25, -0.2) is 8.78 Å². The minimum absolute atomic E-state index is 0.135. The first kappa shape index (κ1) is 10.3. The summed E-state index contributed by atoms with van der Waals surface area (Å²) in [5.41, 5.74) is 0.549. The lowest BCUT2D eigenvalue weighted by molar-refractivity contribution is 0.380. The van der Waals surface area contributed by atoms with Gasteiger partial charge in [0.1, 0.15) is 5.82 Å². The Balaban J connectivity index is 3.13. The highest BCUT2D eigenvalue weighted by molar-refractivity contribution is 7.97. The highest BCUT2D eigenvalue weighted by Gasteiger charge is 2.10. The lowest BCUT2D eigenvalue weighted by Gasteiger charge is -2.08. The molecule has 0 N–H and O–H groups in total. The second-order valence-electron chi connectivity index (χ2n) is 2.51. The van der Waals surface area contributed by atoms with Crippen LogP contribution in [0.25, 0.3) is 0 Å². The Morgan fingerprint density at radius 3 is 2.62 bits per heavy atom. The van der Waals surface area contributed by atoms with Gasteiger partial charge in [-0.05, 0) is 12.3 Å². The zero-order chi connectivity index (χ0) is 9.84. The molecule has 0 radical (unpaired) electrons. The lowest BCUT2D eigenvalue weighted by atomic mass is 10.2. The van der Waals surface area contributed by atoms with Crippen LogP contribution in [-0.2, 0) is 5.75 Å². The Hall–Kier alpha value is -0.770. The van der Waals surface area contributed by atoms with E-state index in [1.807, 2.05) is 6.26 Å². The number of rotatable bonds is 3. The van der Waals surface area contributed by atoms with Crippen LogP contribution in [0.2, 0.25) is 0 Å². The second-order valence-corrected chi connectivity index (χ2v) is 3.38. The molecule has 0 saturated carbocycles. The van der Waals surface area contributed by atoms with Crippen molar-refractivity contribution >= 4 is 11.8 Å². The van der Waals surface area contributed by atoms with Gasteiger partial charge in [0, 0.05) is 17.4 Å². The van der Waals surface area contributed by atoms with Crippen molar-refractivity contribution in [1.82, 2.24) is 0 Å². The molecule has 0 bridgehead atoms. The third-order valence-corrected chi connectivity index (χ3v) is 2.19. The molecule has 1 rings (SSSR count). The molecular weight excluding hydrogens is 194 g/mol. The van der Waals surface area contributed by atoms with Crippen LogP contribution in [0.1, 0.15) is 5.56 Å². The van der Waals surface area contributed by atoms with E-state index in [2.05, 4.69) is 0 Å². The fourth-order valence-corrected chi connectivity index (χ4v) is 1.63. The second kappa shape index (κ2) is 4.46. The summed E-state index contributed by atoms with van der Waals surface area (Å²) in [6.07, 6.45) is 1.86. The molecule has 72 valence electrons. The number of hydrogen-bond donors (Lipinski definition) is 0. The summed E-state index contributed by atoms with van der Waals surface area (Å²) < 4.78 is 30.7. The van der Waals surface area contributed by atoms with Crippen molar-refractivity contribution in [3.05, 3.63) is 29.3 Å². The van der Waals surface area contributed by atoms with Gasteiger partial charge in [-0.3, -0.25) is 0 Å². The van der Waals surface area contributed by atoms with Gasteiger partial charge < -0.3 is 4.74 Å². The van der Waals surface area contributed by atoms with Gasteiger partial charge in [-0.15, -0.1) is 0 Å². The summed E-state index contributed by atoms with van der Waals surface area (Å²) in [5, 5.41) is 0.